The highest BCUT2D eigenvalue weighted by Crippen LogP contribution is 2.25. The summed E-state index contributed by atoms with van der Waals surface area (Å²) < 4.78 is 0. The molecule has 1 rings (SSSR count). The van der Waals surface area contributed by atoms with Crippen molar-refractivity contribution in [2.45, 2.75) is 6.92 Å². The van der Waals surface area contributed by atoms with Crippen molar-refractivity contribution >= 4 is 17.7 Å². The zero-order chi connectivity index (χ0) is 13.0. The molecule has 1 aromatic carbocycles. The molecule has 0 aliphatic carbocycles. The van der Waals surface area contributed by atoms with Gasteiger partial charge in [-0.1, -0.05) is 6.07 Å². The van der Waals surface area contributed by atoms with Crippen molar-refractivity contribution in [1.29, 1.82) is 5.26 Å². The molecule has 17 heavy (non-hydrogen) atoms. The Bertz CT molecular complexity index is 555. The van der Waals surface area contributed by atoms with Crippen molar-refractivity contribution in [3.63, 3.8) is 0 Å². The Labute approximate surface area is 96.6 Å². The number of nitrogens with zero attached hydrogens (tertiary/aromatic N) is 2. The Morgan fingerprint density at radius 2 is 2.24 bits per heavy atom. The van der Waals surface area contributed by atoms with Gasteiger partial charge in [-0.3, -0.25) is 10.1 Å². The Balaban J connectivity index is 3.47. The van der Waals surface area contributed by atoms with Crippen molar-refractivity contribution in [1.82, 2.24) is 0 Å². The number of hydrogen-bond acceptors (Lipinski definition) is 4. The highest BCUT2D eigenvalue weighted by Gasteiger charge is 2.17. The van der Waals surface area contributed by atoms with E-state index in [9.17, 15) is 14.9 Å². The van der Waals surface area contributed by atoms with E-state index in [0.717, 1.165) is 6.08 Å². The number of hydrogen-bond donors (Lipinski definition) is 1. The number of carboxylic acids is 1. The molecule has 6 heteroatoms. The lowest BCUT2D eigenvalue weighted by atomic mass is 10.0. The van der Waals surface area contributed by atoms with Gasteiger partial charge in [0, 0.05) is 17.7 Å². The second-order valence-electron chi connectivity index (χ2n) is 3.23. The summed E-state index contributed by atoms with van der Waals surface area (Å²) in [6.45, 7) is 1.64. The molecule has 0 heterocycles. The molecule has 0 fully saturated rings. The Kier molecular flexibility index (Phi) is 3.57. The van der Waals surface area contributed by atoms with Crippen LogP contribution in [0.1, 0.15) is 16.7 Å². The molecule has 0 atom stereocenters. The van der Waals surface area contributed by atoms with Crippen LogP contribution in [0.25, 0.3) is 6.08 Å². The van der Waals surface area contributed by atoms with Gasteiger partial charge in [0.1, 0.15) is 11.6 Å². The second kappa shape index (κ2) is 4.90. The van der Waals surface area contributed by atoms with E-state index in [2.05, 4.69) is 0 Å². The first-order valence-corrected chi connectivity index (χ1v) is 4.56. The first-order valence-electron chi connectivity index (χ1n) is 4.56. The quantitative estimate of drug-likeness (QED) is 0.486. The van der Waals surface area contributed by atoms with Crippen LogP contribution in [0.3, 0.4) is 0 Å². The third kappa shape index (κ3) is 2.66. The number of nitro groups is 1. The lowest BCUT2D eigenvalue weighted by molar-refractivity contribution is -0.385. The molecule has 0 radical (unpaired) electrons. The van der Waals surface area contributed by atoms with E-state index >= 15 is 0 Å². The fourth-order valence-electron chi connectivity index (χ4n) is 1.35. The normalized spacial score (nSPS) is 10.1. The van der Waals surface area contributed by atoms with Gasteiger partial charge >= 0.3 is 5.97 Å². The minimum absolute atomic E-state index is 0.132. The minimum Gasteiger partial charge on any atom is -0.478 e. The number of rotatable bonds is 3. The highest BCUT2D eigenvalue weighted by atomic mass is 16.6. The molecule has 0 aliphatic heterocycles. The summed E-state index contributed by atoms with van der Waals surface area (Å²) >= 11 is 0. The monoisotopic (exact) mass is 232 g/mol. The summed E-state index contributed by atoms with van der Waals surface area (Å²) in [6, 6.07) is 4.43. The molecule has 0 bridgehead atoms. The number of aliphatic carboxylic acids is 1. The average molecular weight is 232 g/mol. The molecule has 0 spiro atoms. The topological polar surface area (TPSA) is 104 Å². The van der Waals surface area contributed by atoms with Crippen molar-refractivity contribution < 1.29 is 14.8 Å². The first kappa shape index (κ1) is 12.4. The standard InChI is InChI=1S/C11H8N2O4/c1-7-2-4-10(13(16)17)9(6-12)8(7)3-5-11(14)15/h2-5H,1H3,(H,14,15)/b5-3+. The van der Waals surface area contributed by atoms with Crippen LogP contribution in [0, 0.1) is 28.4 Å². The number of nitro benzene ring substituents is 1. The van der Waals surface area contributed by atoms with Gasteiger partial charge in [-0.2, -0.15) is 5.26 Å². The molecule has 86 valence electrons. The molecular weight excluding hydrogens is 224 g/mol. The van der Waals surface area contributed by atoms with Crippen LogP contribution in [0.15, 0.2) is 18.2 Å². The van der Waals surface area contributed by atoms with E-state index in [0.29, 0.717) is 5.56 Å². The molecule has 6 nitrogen and oxygen atoms in total. The van der Waals surface area contributed by atoms with Crippen molar-refractivity contribution in [3.05, 3.63) is 45.0 Å². The Morgan fingerprint density at radius 3 is 2.71 bits per heavy atom. The average Bonchev–Trinajstić information content (AvgIpc) is 2.26. The predicted molar refractivity (Wildman–Crippen MR) is 59.2 cm³/mol. The molecule has 0 unspecified atom stereocenters. The molecule has 1 N–H and O–H groups in total. The van der Waals surface area contributed by atoms with Crippen LogP contribution in [0.4, 0.5) is 5.69 Å². The van der Waals surface area contributed by atoms with Crippen LogP contribution in [-0.4, -0.2) is 16.0 Å². The maximum absolute atomic E-state index is 10.7. The van der Waals surface area contributed by atoms with E-state index in [1.165, 1.54) is 18.2 Å². The van der Waals surface area contributed by atoms with E-state index in [-0.39, 0.29) is 16.8 Å². The van der Waals surface area contributed by atoms with Gasteiger partial charge in [-0.15, -0.1) is 0 Å². The van der Waals surface area contributed by atoms with Crippen LogP contribution in [0.2, 0.25) is 0 Å². The minimum atomic E-state index is -1.18. The SMILES string of the molecule is Cc1ccc([N+](=O)[O-])c(C#N)c1/C=C/C(=O)O. The summed E-state index contributed by atoms with van der Waals surface area (Å²) in [7, 11) is 0. The van der Waals surface area contributed by atoms with Crippen LogP contribution in [0.5, 0.6) is 0 Å². The lowest BCUT2D eigenvalue weighted by Crippen LogP contribution is -1.97. The number of aryl methyl sites for hydroxylation is 1. The van der Waals surface area contributed by atoms with E-state index in [4.69, 9.17) is 10.4 Å². The number of carboxylic acid groups (broad SMARTS) is 1. The van der Waals surface area contributed by atoms with Crippen molar-refractivity contribution in [3.8, 4) is 6.07 Å². The fourth-order valence-corrected chi connectivity index (χ4v) is 1.35. The third-order valence-corrected chi connectivity index (χ3v) is 2.14. The Hall–Kier alpha value is -2.68. The summed E-state index contributed by atoms with van der Waals surface area (Å²) in [4.78, 5) is 20.4. The smallest absolute Gasteiger partial charge is 0.328 e. The van der Waals surface area contributed by atoms with Crippen LogP contribution < -0.4 is 0 Å². The highest BCUT2D eigenvalue weighted by molar-refractivity contribution is 5.86. The summed E-state index contributed by atoms with van der Waals surface area (Å²) in [6.07, 6.45) is 2.02. The van der Waals surface area contributed by atoms with Crippen molar-refractivity contribution in [2.75, 3.05) is 0 Å². The summed E-state index contributed by atoms with van der Waals surface area (Å²) in [5.74, 6) is -1.18. The fraction of sp³-hybridized carbons (Fsp3) is 0.0909. The van der Waals surface area contributed by atoms with Gasteiger partial charge in [0.25, 0.3) is 5.69 Å². The summed E-state index contributed by atoms with van der Waals surface area (Å²) in [5, 5.41) is 28.1. The molecule has 1 aromatic rings. The van der Waals surface area contributed by atoms with Gasteiger partial charge in [-0.05, 0) is 18.6 Å². The first-order chi connectivity index (χ1) is 7.97. The molecule has 0 saturated carbocycles. The number of nitriles is 1. The number of benzene rings is 1. The molecule has 0 saturated heterocycles. The van der Waals surface area contributed by atoms with Crippen molar-refractivity contribution in [2.24, 2.45) is 0 Å². The van der Waals surface area contributed by atoms with Gasteiger partial charge in [0.05, 0.1) is 4.92 Å². The molecule has 0 aliphatic rings. The second-order valence-corrected chi connectivity index (χ2v) is 3.23. The zero-order valence-corrected chi connectivity index (χ0v) is 8.88. The largest absolute Gasteiger partial charge is 0.478 e. The zero-order valence-electron chi connectivity index (χ0n) is 8.88. The molecular formula is C11H8N2O4. The van der Waals surface area contributed by atoms with E-state index in [1.54, 1.807) is 13.0 Å². The predicted octanol–water partition coefficient (Wildman–Crippen LogP) is 1.87. The maximum atomic E-state index is 10.7. The van der Waals surface area contributed by atoms with Gasteiger partial charge < -0.3 is 5.11 Å². The molecule has 0 aromatic heterocycles. The van der Waals surface area contributed by atoms with Gasteiger partial charge in [-0.25, -0.2) is 4.79 Å². The van der Waals surface area contributed by atoms with E-state index < -0.39 is 10.9 Å². The van der Waals surface area contributed by atoms with Crippen LogP contribution in [-0.2, 0) is 4.79 Å². The lowest BCUT2D eigenvalue weighted by Gasteiger charge is -2.03. The van der Waals surface area contributed by atoms with Crippen LogP contribution >= 0.6 is 0 Å². The van der Waals surface area contributed by atoms with Gasteiger partial charge in [0.15, 0.2) is 0 Å². The summed E-state index contributed by atoms with van der Waals surface area (Å²) in [5.41, 5.74) is 0.393. The Morgan fingerprint density at radius 1 is 1.59 bits per heavy atom. The van der Waals surface area contributed by atoms with E-state index in [1.807, 2.05) is 0 Å². The third-order valence-electron chi connectivity index (χ3n) is 2.14. The maximum Gasteiger partial charge on any atom is 0.328 e. The molecule has 0 amide bonds. The van der Waals surface area contributed by atoms with Gasteiger partial charge in [0.2, 0.25) is 0 Å². The number of carbonyl (C=O) groups is 1.